The van der Waals surface area contributed by atoms with E-state index in [4.69, 9.17) is 9.84 Å². The van der Waals surface area contributed by atoms with Gasteiger partial charge in [-0.15, -0.1) is 11.3 Å². The number of aromatic nitrogens is 1. The SMILES string of the molecule is CCC(C)(C)c1ccc(Cn2c(=O)/c(=C\c3ccc(OCCO)c(F)c3)s/c2=C\C(=O)c2ccc(C(C)(C)C)cc2)cc1. The van der Waals surface area contributed by atoms with Crippen LogP contribution in [0.15, 0.2) is 71.5 Å². The highest BCUT2D eigenvalue weighted by Crippen LogP contribution is 2.27. The van der Waals surface area contributed by atoms with Gasteiger partial charge >= 0.3 is 0 Å². The Morgan fingerprint density at radius 1 is 0.977 bits per heavy atom. The second-order valence-corrected chi connectivity index (χ2v) is 13.4. The molecule has 5 nitrogen and oxygen atoms in total. The number of ketones is 1. The maximum absolute atomic E-state index is 14.6. The Labute approximate surface area is 256 Å². The molecule has 0 saturated carbocycles. The molecule has 43 heavy (non-hydrogen) atoms. The molecule has 0 spiro atoms. The molecule has 0 saturated heterocycles. The lowest BCUT2D eigenvalue weighted by molar-refractivity contribution is 0.106. The van der Waals surface area contributed by atoms with Gasteiger partial charge in [0, 0.05) is 11.6 Å². The van der Waals surface area contributed by atoms with E-state index in [0.717, 1.165) is 17.5 Å². The van der Waals surface area contributed by atoms with E-state index in [1.165, 1.54) is 35.1 Å². The lowest BCUT2D eigenvalue weighted by atomic mass is 9.82. The Hall–Kier alpha value is -3.81. The van der Waals surface area contributed by atoms with Crippen LogP contribution >= 0.6 is 11.3 Å². The minimum Gasteiger partial charge on any atom is -0.488 e. The van der Waals surface area contributed by atoms with Crippen LogP contribution in [0.1, 0.15) is 80.6 Å². The molecular weight excluding hydrogens is 561 g/mol. The van der Waals surface area contributed by atoms with Crippen LogP contribution in [0, 0.1) is 5.82 Å². The second kappa shape index (κ2) is 13.2. The van der Waals surface area contributed by atoms with Crippen molar-refractivity contribution in [3.63, 3.8) is 0 Å². The highest BCUT2D eigenvalue weighted by molar-refractivity contribution is 7.07. The molecule has 1 N–H and O–H groups in total. The molecule has 7 heteroatoms. The van der Waals surface area contributed by atoms with Crippen molar-refractivity contribution >= 4 is 29.3 Å². The number of carbonyl (C=O) groups excluding carboxylic acids is 1. The number of thiazole rings is 1. The van der Waals surface area contributed by atoms with E-state index in [9.17, 15) is 14.0 Å². The van der Waals surface area contributed by atoms with Gasteiger partial charge < -0.3 is 9.84 Å². The van der Waals surface area contributed by atoms with Crippen molar-refractivity contribution in [2.24, 2.45) is 0 Å². The zero-order valence-electron chi connectivity index (χ0n) is 25.7. The maximum Gasteiger partial charge on any atom is 0.269 e. The molecule has 0 aliphatic rings. The predicted molar refractivity (Wildman–Crippen MR) is 173 cm³/mol. The molecular formula is C36H40FNO4S. The van der Waals surface area contributed by atoms with E-state index in [1.54, 1.807) is 16.7 Å². The van der Waals surface area contributed by atoms with E-state index < -0.39 is 5.82 Å². The molecule has 0 unspecified atom stereocenters. The number of rotatable bonds is 10. The smallest absolute Gasteiger partial charge is 0.269 e. The highest BCUT2D eigenvalue weighted by Gasteiger charge is 2.18. The summed E-state index contributed by atoms with van der Waals surface area (Å²) in [5.41, 5.74) is 4.07. The van der Waals surface area contributed by atoms with Gasteiger partial charge in [0.2, 0.25) is 0 Å². The summed E-state index contributed by atoms with van der Waals surface area (Å²) in [5, 5.41) is 8.96. The van der Waals surface area contributed by atoms with Gasteiger partial charge in [0.15, 0.2) is 17.3 Å². The first-order valence-electron chi connectivity index (χ1n) is 14.5. The van der Waals surface area contributed by atoms with Gasteiger partial charge in [-0.3, -0.25) is 14.2 Å². The third-order valence-corrected chi connectivity index (χ3v) is 8.85. The van der Waals surface area contributed by atoms with Crippen LogP contribution in [-0.4, -0.2) is 28.7 Å². The Balaban J connectivity index is 1.77. The number of carbonyl (C=O) groups is 1. The number of ether oxygens (including phenoxy) is 1. The summed E-state index contributed by atoms with van der Waals surface area (Å²) in [4.78, 5) is 27.1. The summed E-state index contributed by atoms with van der Waals surface area (Å²) in [6, 6.07) is 20.2. The molecule has 1 aromatic heterocycles. The van der Waals surface area contributed by atoms with Crippen molar-refractivity contribution in [2.45, 2.75) is 65.3 Å². The van der Waals surface area contributed by atoms with E-state index >= 15 is 0 Å². The van der Waals surface area contributed by atoms with Gasteiger partial charge in [0.25, 0.3) is 5.56 Å². The fourth-order valence-electron chi connectivity index (χ4n) is 4.60. The maximum atomic E-state index is 14.6. The molecule has 0 radical (unpaired) electrons. The molecule has 1 heterocycles. The van der Waals surface area contributed by atoms with Crippen molar-refractivity contribution < 1.29 is 19.0 Å². The minimum absolute atomic E-state index is 0.0152. The van der Waals surface area contributed by atoms with E-state index in [0.29, 0.717) is 26.9 Å². The van der Waals surface area contributed by atoms with E-state index in [-0.39, 0.29) is 41.1 Å². The number of benzene rings is 3. The van der Waals surface area contributed by atoms with Crippen LogP contribution in [0.4, 0.5) is 4.39 Å². The fourth-order valence-corrected chi connectivity index (χ4v) is 5.64. The van der Waals surface area contributed by atoms with Crippen molar-refractivity contribution in [1.82, 2.24) is 4.57 Å². The lowest BCUT2D eigenvalue weighted by Gasteiger charge is -2.23. The Morgan fingerprint density at radius 3 is 2.21 bits per heavy atom. The first-order valence-corrected chi connectivity index (χ1v) is 15.3. The zero-order chi connectivity index (χ0) is 31.4. The number of halogens is 1. The van der Waals surface area contributed by atoms with E-state index in [1.807, 2.05) is 36.4 Å². The number of Topliss-reactive ketones (excluding diaryl/α,β-unsaturated/α-hetero) is 1. The van der Waals surface area contributed by atoms with Crippen LogP contribution in [0.5, 0.6) is 5.75 Å². The van der Waals surface area contributed by atoms with Crippen LogP contribution in [0.3, 0.4) is 0 Å². The van der Waals surface area contributed by atoms with Crippen LogP contribution in [0.2, 0.25) is 0 Å². The summed E-state index contributed by atoms with van der Waals surface area (Å²) in [6.45, 7) is 13.0. The Kier molecular flexibility index (Phi) is 9.88. The summed E-state index contributed by atoms with van der Waals surface area (Å²) in [7, 11) is 0. The molecule has 4 aromatic rings. The molecule has 0 atom stereocenters. The molecule has 0 bridgehead atoms. The fraction of sp³-hybridized carbons (Fsp3) is 0.333. The summed E-state index contributed by atoms with van der Waals surface area (Å²) in [5.74, 6) is -0.755. The zero-order valence-corrected chi connectivity index (χ0v) is 26.6. The molecule has 226 valence electrons. The first kappa shape index (κ1) is 32.1. The lowest BCUT2D eigenvalue weighted by Crippen LogP contribution is -2.32. The highest BCUT2D eigenvalue weighted by atomic mass is 32.1. The average Bonchev–Trinajstić information content (AvgIpc) is 3.25. The van der Waals surface area contributed by atoms with Gasteiger partial charge in [0.05, 0.1) is 17.7 Å². The molecule has 0 aliphatic carbocycles. The third-order valence-electron chi connectivity index (χ3n) is 7.79. The van der Waals surface area contributed by atoms with Gasteiger partial charge in [-0.05, 0) is 57.7 Å². The number of hydrogen-bond donors (Lipinski definition) is 1. The van der Waals surface area contributed by atoms with Crippen molar-refractivity contribution in [1.29, 1.82) is 0 Å². The number of nitrogens with zero attached hydrogens (tertiary/aromatic N) is 1. The normalized spacial score (nSPS) is 13.0. The molecule has 0 amide bonds. The number of hydrogen-bond acceptors (Lipinski definition) is 5. The minimum atomic E-state index is -0.588. The van der Waals surface area contributed by atoms with Gasteiger partial charge in [-0.2, -0.15) is 0 Å². The number of aliphatic hydroxyl groups is 1. The number of aliphatic hydroxyl groups excluding tert-OH is 1. The van der Waals surface area contributed by atoms with Crippen molar-refractivity contribution in [3.8, 4) is 5.75 Å². The van der Waals surface area contributed by atoms with Crippen molar-refractivity contribution in [2.75, 3.05) is 13.2 Å². The predicted octanol–water partition coefficient (Wildman–Crippen LogP) is 5.95. The quantitative estimate of drug-likeness (QED) is 0.228. The van der Waals surface area contributed by atoms with Crippen molar-refractivity contribution in [3.05, 3.63) is 120 Å². The van der Waals surface area contributed by atoms with Crippen LogP contribution in [-0.2, 0) is 17.4 Å². The molecule has 0 fully saturated rings. The average molecular weight is 602 g/mol. The third kappa shape index (κ3) is 7.78. The monoisotopic (exact) mass is 601 g/mol. The summed E-state index contributed by atoms with van der Waals surface area (Å²) < 4.78 is 22.3. The largest absolute Gasteiger partial charge is 0.488 e. The molecule has 3 aromatic carbocycles. The first-order chi connectivity index (χ1) is 20.3. The molecule has 4 rings (SSSR count). The van der Waals surface area contributed by atoms with Gasteiger partial charge in [-0.25, -0.2) is 4.39 Å². The summed E-state index contributed by atoms with van der Waals surface area (Å²) in [6.07, 6.45) is 4.13. The van der Waals surface area contributed by atoms with Gasteiger partial charge in [-0.1, -0.05) is 96.1 Å². The van der Waals surface area contributed by atoms with Crippen LogP contribution < -0.4 is 19.5 Å². The topological polar surface area (TPSA) is 68.5 Å². The summed E-state index contributed by atoms with van der Waals surface area (Å²) >= 11 is 1.20. The van der Waals surface area contributed by atoms with Crippen LogP contribution in [0.25, 0.3) is 12.2 Å². The standard InChI is InChI=1S/C36H40FNO4S/c1-7-36(5,6)28-13-8-24(9-14-28)23-38-33(22-30(40)26-11-15-27(16-12-26)35(2,3)4)43-32(34(38)41)21-25-10-17-31(29(37)20-25)42-19-18-39/h8-17,20-22,39H,7,18-19,23H2,1-6H3/b32-21+,33-22-. The molecule has 0 aliphatic heterocycles. The van der Waals surface area contributed by atoms with E-state index in [2.05, 4.69) is 53.7 Å². The Bertz CT molecular complexity index is 1760. The van der Waals surface area contributed by atoms with Gasteiger partial charge in [0.1, 0.15) is 11.3 Å². The Morgan fingerprint density at radius 2 is 1.63 bits per heavy atom. The second-order valence-electron chi connectivity index (χ2n) is 12.4.